The van der Waals surface area contributed by atoms with Gasteiger partial charge >= 0.3 is 12.2 Å². The second-order valence-electron chi connectivity index (χ2n) is 6.62. The van der Waals surface area contributed by atoms with Crippen molar-refractivity contribution in [2.75, 3.05) is 5.32 Å². The van der Waals surface area contributed by atoms with Crippen molar-refractivity contribution in [2.45, 2.75) is 13.1 Å². The fraction of sp³-hybridized carbons (Fsp3) is 0.158. The fourth-order valence-electron chi connectivity index (χ4n) is 3.25. The van der Waals surface area contributed by atoms with Gasteiger partial charge in [0.15, 0.2) is 5.65 Å². The Kier molecular flexibility index (Phi) is 4.45. The lowest BCUT2D eigenvalue weighted by Gasteiger charge is -2.07. The van der Waals surface area contributed by atoms with E-state index in [1.807, 2.05) is 6.07 Å². The van der Waals surface area contributed by atoms with Gasteiger partial charge in [0.05, 0.1) is 11.4 Å². The number of amides is 2. The average Bonchev–Trinajstić information content (AvgIpc) is 3.19. The van der Waals surface area contributed by atoms with E-state index in [9.17, 15) is 18.0 Å². The third-order valence-corrected chi connectivity index (χ3v) is 4.60. The molecule has 0 unspecified atom stereocenters. The number of nitrogens with two attached hydrogens (primary N) is 1. The van der Waals surface area contributed by atoms with E-state index < -0.39 is 18.0 Å². The quantitative estimate of drug-likeness (QED) is 0.533. The van der Waals surface area contributed by atoms with Crippen LogP contribution >= 0.6 is 0 Å². The summed E-state index contributed by atoms with van der Waals surface area (Å²) in [5, 5.41) is 7.09. The number of benzene rings is 1. The summed E-state index contributed by atoms with van der Waals surface area (Å²) in [7, 11) is 1.26. The van der Waals surface area contributed by atoms with Gasteiger partial charge in [0, 0.05) is 24.4 Å². The first kappa shape index (κ1) is 19.4. The monoisotopic (exact) mass is 415 g/mol. The number of nitrogens with zero attached hydrogens (tertiary/aromatic N) is 5. The number of carbonyl (C=O) groups is 1. The maximum Gasteiger partial charge on any atom is 0.449 e. The van der Waals surface area contributed by atoms with E-state index in [0.29, 0.717) is 28.3 Å². The van der Waals surface area contributed by atoms with Crippen LogP contribution in [-0.4, -0.2) is 30.3 Å². The molecule has 11 heteroatoms. The molecule has 3 heterocycles. The van der Waals surface area contributed by atoms with Gasteiger partial charge in [-0.1, -0.05) is 18.2 Å². The van der Waals surface area contributed by atoms with Gasteiger partial charge in [-0.05, 0) is 25.1 Å². The number of para-hydroxylation sites is 1. The number of carbonyl (C=O) groups excluding carboxylic acids is 1. The molecule has 0 radical (unpaired) electrons. The lowest BCUT2D eigenvalue weighted by atomic mass is 10.1. The molecule has 3 N–H and O–H groups in total. The first-order chi connectivity index (χ1) is 14.2. The predicted octanol–water partition coefficient (Wildman–Crippen LogP) is 3.64. The molecule has 3 aromatic heterocycles. The number of alkyl halides is 3. The molecule has 0 bridgehead atoms. The van der Waals surface area contributed by atoms with Crippen molar-refractivity contribution in [3.05, 3.63) is 54.0 Å². The molecule has 2 amide bonds. The van der Waals surface area contributed by atoms with Gasteiger partial charge in [-0.3, -0.25) is 5.32 Å². The van der Waals surface area contributed by atoms with E-state index in [0.717, 1.165) is 4.57 Å². The highest BCUT2D eigenvalue weighted by Gasteiger charge is 2.37. The molecule has 30 heavy (non-hydrogen) atoms. The molecule has 0 aliphatic rings. The lowest BCUT2D eigenvalue weighted by molar-refractivity contribution is -0.146. The van der Waals surface area contributed by atoms with Crippen molar-refractivity contribution < 1.29 is 18.0 Å². The SMILES string of the molecule is Cc1c(-c2cnc3c(c2)nc(C(F)(F)F)n3C)nn(-c2ccccc2)c1NC(N)=O. The molecule has 0 aliphatic carbocycles. The second-order valence-corrected chi connectivity index (χ2v) is 6.62. The molecule has 1 aromatic carbocycles. The summed E-state index contributed by atoms with van der Waals surface area (Å²) in [5.41, 5.74) is 7.61. The summed E-state index contributed by atoms with van der Waals surface area (Å²) in [6.45, 7) is 1.72. The summed E-state index contributed by atoms with van der Waals surface area (Å²) >= 11 is 0. The standard InChI is InChI=1S/C19H16F3N7O/c1-10-14(27-29(15(10)26-18(23)30)12-6-4-3-5-7-12)11-8-13-16(24-9-11)28(2)17(25-13)19(20,21)22/h3-9H,1-2H3,(H3,23,26,30). The van der Waals surface area contributed by atoms with Crippen LogP contribution in [0.4, 0.5) is 23.8 Å². The first-order valence-electron chi connectivity index (χ1n) is 8.78. The number of aromatic nitrogens is 5. The van der Waals surface area contributed by atoms with Crippen molar-refractivity contribution in [3.63, 3.8) is 0 Å². The molecule has 8 nitrogen and oxygen atoms in total. The van der Waals surface area contributed by atoms with Gasteiger partial charge in [0.2, 0.25) is 5.82 Å². The van der Waals surface area contributed by atoms with E-state index in [4.69, 9.17) is 5.73 Å². The minimum Gasteiger partial charge on any atom is -0.351 e. The number of imidazole rings is 1. The molecule has 4 aromatic rings. The number of nitrogens with one attached hydrogen (secondary N) is 1. The number of anilines is 1. The normalized spacial score (nSPS) is 11.8. The van der Waals surface area contributed by atoms with Crippen LogP contribution < -0.4 is 11.1 Å². The van der Waals surface area contributed by atoms with Crippen LogP contribution in [0.2, 0.25) is 0 Å². The van der Waals surface area contributed by atoms with Crippen molar-refractivity contribution in [1.82, 2.24) is 24.3 Å². The average molecular weight is 415 g/mol. The number of aryl methyl sites for hydroxylation is 1. The van der Waals surface area contributed by atoms with E-state index in [1.54, 1.807) is 31.2 Å². The minimum absolute atomic E-state index is 0.0837. The maximum atomic E-state index is 13.2. The lowest BCUT2D eigenvalue weighted by Crippen LogP contribution is -2.21. The number of urea groups is 1. The molecular formula is C19H16F3N7O. The Hall–Kier alpha value is -3.89. The highest BCUT2D eigenvalue weighted by molar-refractivity contribution is 5.90. The van der Waals surface area contributed by atoms with Crippen LogP contribution in [0.15, 0.2) is 42.6 Å². The van der Waals surface area contributed by atoms with Crippen LogP contribution in [0.1, 0.15) is 11.4 Å². The number of fused-ring (bicyclic) bond motifs is 1. The molecule has 4 rings (SSSR count). The van der Waals surface area contributed by atoms with Crippen LogP contribution in [0.5, 0.6) is 0 Å². The van der Waals surface area contributed by atoms with E-state index in [-0.39, 0.29) is 11.2 Å². The van der Waals surface area contributed by atoms with Gasteiger partial charge in [-0.2, -0.15) is 18.3 Å². The second kappa shape index (κ2) is 6.87. The topological polar surface area (TPSA) is 104 Å². The van der Waals surface area contributed by atoms with Gasteiger partial charge in [-0.15, -0.1) is 0 Å². The van der Waals surface area contributed by atoms with Crippen LogP contribution in [0, 0.1) is 6.92 Å². The van der Waals surface area contributed by atoms with Crippen molar-refractivity contribution in [3.8, 4) is 16.9 Å². The Morgan fingerprint density at radius 2 is 1.90 bits per heavy atom. The molecule has 0 atom stereocenters. The van der Waals surface area contributed by atoms with Crippen LogP contribution in [0.3, 0.4) is 0 Å². The van der Waals surface area contributed by atoms with E-state index in [1.165, 1.54) is 24.0 Å². The van der Waals surface area contributed by atoms with Gasteiger partial charge in [0.1, 0.15) is 11.3 Å². The maximum absolute atomic E-state index is 13.2. The summed E-state index contributed by atoms with van der Waals surface area (Å²) in [6.07, 6.45) is -3.18. The third kappa shape index (κ3) is 3.23. The van der Waals surface area contributed by atoms with Crippen LogP contribution in [0.25, 0.3) is 28.1 Å². The third-order valence-electron chi connectivity index (χ3n) is 4.60. The number of halogens is 3. The molecule has 0 saturated heterocycles. The van der Waals surface area contributed by atoms with E-state index >= 15 is 0 Å². The molecule has 0 saturated carbocycles. The highest BCUT2D eigenvalue weighted by atomic mass is 19.4. The van der Waals surface area contributed by atoms with Gasteiger partial charge in [0.25, 0.3) is 0 Å². The molecule has 0 fully saturated rings. The summed E-state index contributed by atoms with van der Waals surface area (Å²) in [4.78, 5) is 19.3. The number of rotatable bonds is 3. The summed E-state index contributed by atoms with van der Waals surface area (Å²) in [5.74, 6) is -0.689. The summed E-state index contributed by atoms with van der Waals surface area (Å²) in [6, 6.07) is 9.74. The number of primary amides is 1. The van der Waals surface area contributed by atoms with Crippen molar-refractivity contribution in [1.29, 1.82) is 0 Å². The van der Waals surface area contributed by atoms with E-state index in [2.05, 4.69) is 20.4 Å². The molecule has 0 spiro atoms. The Balaban J connectivity index is 1.89. The number of pyridine rings is 1. The zero-order valence-corrected chi connectivity index (χ0v) is 15.9. The minimum atomic E-state index is -4.60. The Labute approximate surface area is 168 Å². The number of hydrogen-bond donors (Lipinski definition) is 2. The van der Waals surface area contributed by atoms with Crippen molar-refractivity contribution in [2.24, 2.45) is 12.8 Å². The zero-order chi connectivity index (χ0) is 21.6. The highest BCUT2D eigenvalue weighted by Crippen LogP contribution is 2.33. The Morgan fingerprint density at radius 1 is 1.20 bits per heavy atom. The molecule has 154 valence electrons. The van der Waals surface area contributed by atoms with Crippen LogP contribution in [-0.2, 0) is 13.2 Å². The number of hydrogen-bond acceptors (Lipinski definition) is 4. The van der Waals surface area contributed by atoms with Crippen molar-refractivity contribution >= 4 is 23.0 Å². The molecule has 0 aliphatic heterocycles. The fourth-order valence-corrected chi connectivity index (χ4v) is 3.25. The first-order valence-corrected chi connectivity index (χ1v) is 8.78. The zero-order valence-electron chi connectivity index (χ0n) is 15.9. The van der Waals surface area contributed by atoms with Gasteiger partial charge in [-0.25, -0.2) is 19.4 Å². The Bertz CT molecular complexity index is 1260. The summed E-state index contributed by atoms with van der Waals surface area (Å²) < 4.78 is 41.9. The Morgan fingerprint density at radius 3 is 2.53 bits per heavy atom. The molecular weight excluding hydrogens is 399 g/mol. The largest absolute Gasteiger partial charge is 0.449 e. The smallest absolute Gasteiger partial charge is 0.351 e. The predicted molar refractivity (Wildman–Crippen MR) is 104 cm³/mol. The van der Waals surface area contributed by atoms with Gasteiger partial charge < -0.3 is 10.3 Å².